The lowest BCUT2D eigenvalue weighted by Crippen LogP contribution is -2.31. The quantitative estimate of drug-likeness (QED) is 0.582. The van der Waals surface area contributed by atoms with Crippen LogP contribution in [0.4, 0.5) is 5.69 Å². The Morgan fingerprint density at radius 1 is 0.867 bits per heavy atom. The Balaban J connectivity index is 1.65. The third-order valence-electron chi connectivity index (χ3n) is 4.79. The molecule has 30 heavy (non-hydrogen) atoms. The number of rotatable bonds is 7. The minimum absolute atomic E-state index is 0.185. The zero-order valence-electron chi connectivity index (χ0n) is 16.5. The molecule has 152 valence electrons. The lowest BCUT2D eigenvalue weighted by Gasteiger charge is -2.15. The molecule has 0 saturated heterocycles. The van der Waals surface area contributed by atoms with E-state index in [2.05, 4.69) is 5.32 Å². The number of carbonyl (C=O) groups excluding carboxylic acids is 2. The van der Waals surface area contributed by atoms with E-state index < -0.39 is 0 Å². The first-order valence-electron chi connectivity index (χ1n) is 9.29. The predicted molar refractivity (Wildman–Crippen MR) is 116 cm³/mol. The third-order valence-corrected chi connectivity index (χ3v) is 5.68. The molecule has 0 radical (unpaired) electrons. The number of nitrogens with one attached hydrogen (secondary N) is 1. The highest BCUT2D eigenvalue weighted by Crippen LogP contribution is 2.34. The van der Waals surface area contributed by atoms with Crippen molar-refractivity contribution in [3.63, 3.8) is 0 Å². The van der Waals surface area contributed by atoms with E-state index in [-0.39, 0.29) is 24.1 Å². The maximum Gasteiger partial charge on any atom is 0.278 e. The van der Waals surface area contributed by atoms with Gasteiger partial charge in [-0.1, -0.05) is 18.2 Å². The molecule has 0 saturated carbocycles. The molecule has 6 nitrogen and oxygen atoms in total. The second-order valence-electron chi connectivity index (χ2n) is 6.63. The van der Waals surface area contributed by atoms with Gasteiger partial charge in [-0.2, -0.15) is 0 Å². The van der Waals surface area contributed by atoms with E-state index in [1.807, 2.05) is 53.9 Å². The zero-order valence-corrected chi connectivity index (χ0v) is 17.4. The first-order chi connectivity index (χ1) is 14.6. The van der Waals surface area contributed by atoms with Crippen LogP contribution < -0.4 is 14.8 Å². The number of hydrogen-bond donors (Lipinski definition) is 1. The summed E-state index contributed by atoms with van der Waals surface area (Å²) >= 11 is 1.43. The molecule has 2 aromatic carbocycles. The molecule has 4 rings (SSSR count). The van der Waals surface area contributed by atoms with Crippen molar-refractivity contribution in [2.24, 2.45) is 0 Å². The molecule has 0 bridgehead atoms. The fraction of sp³-hybridized carbons (Fsp3) is 0.130. The van der Waals surface area contributed by atoms with Crippen LogP contribution in [0, 0.1) is 0 Å². The van der Waals surface area contributed by atoms with Crippen LogP contribution in [0.15, 0.2) is 71.7 Å². The number of benzene rings is 2. The summed E-state index contributed by atoms with van der Waals surface area (Å²) in [6.45, 7) is 0.185. The Hall–Kier alpha value is -3.58. The van der Waals surface area contributed by atoms with Crippen molar-refractivity contribution in [3.8, 4) is 11.5 Å². The Bertz CT molecular complexity index is 1090. The maximum atomic E-state index is 13.2. The normalized spacial score (nSPS) is 13.7. The van der Waals surface area contributed by atoms with Crippen molar-refractivity contribution in [3.05, 3.63) is 82.2 Å². The van der Waals surface area contributed by atoms with Gasteiger partial charge in [0.05, 0.1) is 26.3 Å². The molecule has 3 aromatic rings. The molecule has 1 aromatic heterocycles. The van der Waals surface area contributed by atoms with Crippen LogP contribution in [0.1, 0.15) is 10.4 Å². The van der Waals surface area contributed by atoms with Gasteiger partial charge in [-0.05, 0) is 53.4 Å². The number of hydrogen-bond acceptors (Lipinski definition) is 6. The zero-order chi connectivity index (χ0) is 21.1. The molecular weight excluding hydrogens is 400 g/mol. The third kappa shape index (κ3) is 3.79. The van der Waals surface area contributed by atoms with Gasteiger partial charge in [-0.15, -0.1) is 11.3 Å². The second kappa shape index (κ2) is 8.42. The van der Waals surface area contributed by atoms with Crippen LogP contribution in [0.25, 0.3) is 5.57 Å². The minimum Gasteiger partial charge on any atom is -0.497 e. The van der Waals surface area contributed by atoms with Crippen molar-refractivity contribution in [1.29, 1.82) is 0 Å². The van der Waals surface area contributed by atoms with Crippen LogP contribution >= 0.6 is 11.3 Å². The number of thiophene rings is 1. The summed E-state index contributed by atoms with van der Waals surface area (Å²) in [6, 6.07) is 18.2. The van der Waals surface area contributed by atoms with Crippen molar-refractivity contribution >= 4 is 34.4 Å². The first-order valence-corrected chi connectivity index (χ1v) is 10.2. The fourth-order valence-corrected chi connectivity index (χ4v) is 3.99. The average Bonchev–Trinajstić information content (AvgIpc) is 3.38. The number of ether oxygens (including phenoxy) is 2. The molecule has 0 unspecified atom stereocenters. The van der Waals surface area contributed by atoms with E-state index in [0.717, 1.165) is 16.2 Å². The van der Waals surface area contributed by atoms with Crippen molar-refractivity contribution < 1.29 is 19.1 Å². The minimum atomic E-state index is -0.352. The van der Waals surface area contributed by atoms with Crippen molar-refractivity contribution in [2.45, 2.75) is 6.54 Å². The topological polar surface area (TPSA) is 67.9 Å². The largest absolute Gasteiger partial charge is 0.497 e. The summed E-state index contributed by atoms with van der Waals surface area (Å²) in [5.74, 6) is 0.768. The van der Waals surface area contributed by atoms with Gasteiger partial charge in [0.15, 0.2) is 0 Å². The summed E-state index contributed by atoms with van der Waals surface area (Å²) < 4.78 is 10.4. The second-order valence-corrected chi connectivity index (χ2v) is 7.57. The molecule has 0 atom stereocenters. The van der Waals surface area contributed by atoms with Crippen LogP contribution in [0.3, 0.4) is 0 Å². The van der Waals surface area contributed by atoms with Gasteiger partial charge in [0, 0.05) is 10.6 Å². The van der Waals surface area contributed by atoms with E-state index in [1.165, 1.54) is 16.2 Å². The molecule has 1 aliphatic heterocycles. The predicted octanol–water partition coefficient (Wildman–Crippen LogP) is 4.16. The summed E-state index contributed by atoms with van der Waals surface area (Å²) in [5, 5.41) is 5.03. The van der Waals surface area contributed by atoms with Gasteiger partial charge in [-0.3, -0.25) is 14.5 Å². The number of nitrogens with zero attached hydrogens (tertiary/aromatic N) is 1. The lowest BCUT2D eigenvalue weighted by molar-refractivity contribution is -0.137. The smallest absolute Gasteiger partial charge is 0.278 e. The standard InChI is InChI=1S/C23H20N2O4S/c1-28-17-9-5-15(6-10-17)14-25-22(26)20(19-4-3-13-30-19)21(23(25)27)24-16-7-11-18(29-2)12-8-16/h3-13,24H,14H2,1-2H3. The Morgan fingerprint density at radius 3 is 2.07 bits per heavy atom. The van der Waals surface area contributed by atoms with E-state index >= 15 is 0 Å². The molecule has 0 fully saturated rings. The van der Waals surface area contributed by atoms with E-state index in [9.17, 15) is 9.59 Å². The SMILES string of the molecule is COc1ccc(CN2C(=O)C(Nc3ccc(OC)cc3)=C(c3cccs3)C2=O)cc1. The number of methoxy groups -OCH3 is 2. The summed E-state index contributed by atoms with van der Waals surface area (Å²) in [6.07, 6.45) is 0. The van der Waals surface area contributed by atoms with Crippen LogP contribution in [0.2, 0.25) is 0 Å². The van der Waals surface area contributed by atoms with E-state index in [1.54, 1.807) is 26.4 Å². The average molecular weight is 420 g/mol. The summed E-state index contributed by atoms with van der Waals surface area (Å²) in [4.78, 5) is 28.4. The monoisotopic (exact) mass is 420 g/mol. The molecule has 7 heteroatoms. The number of amides is 2. The summed E-state index contributed by atoms with van der Waals surface area (Å²) in [7, 11) is 3.19. The van der Waals surface area contributed by atoms with Crippen LogP contribution in [0.5, 0.6) is 11.5 Å². The van der Waals surface area contributed by atoms with Crippen molar-refractivity contribution in [1.82, 2.24) is 4.90 Å². The van der Waals surface area contributed by atoms with Gasteiger partial charge in [0.25, 0.3) is 11.8 Å². The van der Waals surface area contributed by atoms with Gasteiger partial charge in [0.1, 0.15) is 17.2 Å². The van der Waals surface area contributed by atoms with Gasteiger partial charge < -0.3 is 14.8 Å². The molecular formula is C23H20N2O4S. The van der Waals surface area contributed by atoms with Crippen LogP contribution in [-0.2, 0) is 16.1 Å². The molecule has 0 spiro atoms. The number of carbonyl (C=O) groups is 2. The number of anilines is 1. The van der Waals surface area contributed by atoms with E-state index in [4.69, 9.17) is 9.47 Å². The Kier molecular flexibility index (Phi) is 5.54. The van der Waals surface area contributed by atoms with Gasteiger partial charge in [-0.25, -0.2) is 0 Å². The van der Waals surface area contributed by atoms with Gasteiger partial charge >= 0.3 is 0 Å². The highest BCUT2D eigenvalue weighted by molar-refractivity contribution is 7.11. The Labute approximate surface area is 178 Å². The van der Waals surface area contributed by atoms with Crippen LogP contribution in [-0.4, -0.2) is 30.9 Å². The molecule has 1 N–H and O–H groups in total. The molecule has 1 aliphatic rings. The summed E-state index contributed by atoms with van der Waals surface area (Å²) in [5.41, 5.74) is 2.21. The fourth-order valence-electron chi connectivity index (χ4n) is 3.22. The van der Waals surface area contributed by atoms with Crippen molar-refractivity contribution in [2.75, 3.05) is 19.5 Å². The highest BCUT2D eigenvalue weighted by atomic mass is 32.1. The molecule has 2 heterocycles. The first kappa shape index (κ1) is 19.7. The lowest BCUT2D eigenvalue weighted by atomic mass is 10.1. The number of imide groups is 1. The van der Waals surface area contributed by atoms with Gasteiger partial charge in [0.2, 0.25) is 0 Å². The van der Waals surface area contributed by atoms with E-state index in [0.29, 0.717) is 17.0 Å². The Morgan fingerprint density at radius 2 is 1.50 bits per heavy atom. The maximum absolute atomic E-state index is 13.2. The molecule has 0 aliphatic carbocycles. The molecule has 2 amide bonds. The highest BCUT2D eigenvalue weighted by Gasteiger charge is 2.39.